The lowest BCUT2D eigenvalue weighted by atomic mass is 9.95. The standard InChI is InChI=1S/C16H25NO3/c1-12(17-4)10-13-6-8-14(9-7-13)20-11-16(2,3)15(18)19-5/h6-9,12,17H,10-11H2,1-5H3. The van der Waals surface area contributed by atoms with Crippen LogP contribution in [0, 0.1) is 5.41 Å². The summed E-state index contributed by atoms with van der Waals surface area (Å²) in [5.41, 5.74) is 0.611. The van der Waals surface area contributed by atoms with Crippen LogP contribution in [0.4, 0.5) is 0 Å². The maximum Gasteiger partial charge on any atom is 0.314 e. The number of carbonyl (C=O) groups is 1. The molecule has 1 aromatic carbocycles. The molecule has 0 aliphatic heterocycles. The molecule has 0 saturated heterocycles. The Kier molecular flexibility index (Phi) is 6.02. The van der Waals surface area contributed by atoms with Crippen LogP contribution in [-0.4, -0.2) is 32.8 Å². The molecule has 4 heteroatoms. The SMILES string of the molecule is CNC(C)Cc1ccc(OCC(C)(C)C(=O)OC)cc1. The first-order valence-electron chi connectivity index (χ1n) is 6.86. The number of esters is 1. The van der Waals surface area contributed by atoms with Crippen LogP contribution < -0.4 is 10.1 Å². The second-order valence-electron chi connectivity index (χ2n) is 5.70. The second kappa shape index (κ2) is 7.29. The summed E-state index contributed by atoms with van der Waals surface area (Å²) in [7, 11) is 3.35. The Morgan fingerprint density at radius 3 is 2.40 bits per heavy atom. The minimum Gasteiger partial charge on any atom is -0.492 e. The van der Waals surface area contributed by atoms with Gasteiger partial charge in [-0.1, -0.05) is 12.1 Å². The Hall–Kier alpha value is -1.55. The van der Waals surface area contributed by atoms with E-state index in [1.165, 1.54) is 12.7 Å². The quantitative estimate of drug-likeness (QED) is 0.779. The van der Waals surface area contributed by atoms with Crippen LogP contribution >= 0.6 is 0 Å². The van der Waals surface area contributed by atoms with Gasteiger partial charge in [0.1, 0.15) is 12.4 Å². The van der Waals surface area contributed by atoms with E-state index in [0.29, 0.717) is 12.6 Å². The summed E-state index contributed by atoms with van der Waals surface area (Å²) >= 11 is 0. The maximum absolute atomic E-state index is 11.6. The van der Waals surface area contributed by atoms with E-state index in [2.05, 4.69) is 12.2 Å². The van der Waals surface area contributed by atoms with Gasteiger partial charge in [0, 0.05) is 6.04 Å². The first-order valence-corrected chi connectivity index (χ1v) is 6.86. The zero-order chi connectivity index (χ0) is 15.2. The van der Waals surface area contributed by atoms with Crippen LogP contribution in [0.25, 0.3) is 0 Å². The topological polar surface area (TPSA) is 47.6 Å². The van der Waals surface area contributed by atoms with Crippen molar-refractivity contribution in [3.05, 3.63) is 29.8 Å². The van der Waals surface area contributed by atoms with Crippen molar-refractivity contribution in [2.24, 2.45) is 5.41 Å². The second-order valence-corrected chi connectivity index (χ2v) is 5.70. The third-order valence-electron chi connectivity index (χ3n) is 3.30. The lowest BCUT2D eigenvalue weighted by Gasteiger charge is -2.21. The van der Waals surface area contributed by atoms with Gasteiger partial charge < -0.3 is 14.8 Å². The zero-order valence-corrected chi connectivity index (χ0v) is 13.0. The van der Waals surface area contributed by atoms with Crippen LogP contribution in [-0.2, 0) is 16.0 Å². The Labute approximate surface area is 121 Å². The number of carbonyl (C=O) groups excluding carboxylic acids is 1. The third kappa shape index (κ3) is 4.85. The van der Waals surface area contributed by atoms with Gasteiger partial charge in [0.25, 0.3) is 0 Å². The molecule has 0 saturated carbocycles. The summed E-state index contributed by atoms with van der Waals surface area (Å²) in [6.07, 6.45) is 0.977. The van der Waals surface area contributed by atoms with Crippen molar-refractivity contribution >= 4 is 5.97 Å². The average molecular weight is 279 g/mol. The van der Waals surface area contributed by atoms with Gasteiger partial charge >= 0.3 is 5.97 Å². The van der Waals surface area contributed by atoms with Crippen molar-refractivity contribution in [1.29, 1.82) is 0 Å². The number of methoxy groups -OCH3 is 1. The first kappa shape index (κ1) is 16.5. The van der Waals surface area contributed by atoms with Gasteiger partial charge in [0.2, 0.25) is 0 Å². The molecule has 1 aromatic rings. The molecule has 112 valence electrons. The lowest BCUT2D eigenvalue weighted by molar-refractivity contribution is -0.152. The fourth-order valence-electron chi connectivity index (χ4n) is 1.78. The highest BCUT2D eigenvalue weighted by Gasteiger charge is 2.29. The van der Waals surface area contributed by atoms with Crippen molar-refractivity contribution in [3.63, 3.8) is 0 Å². The molecule has 1 rings (SSSR count). The minimum absolute atomic E-state index is 0.267. The van der Waals surface area contributed by atoms with Gasteiger partial charge in [-0.05, 0) is 51.9 Å². The molecule has 4 nitrogen and oxygen atoms in total. The van der Waals surface area contributed by atoms with E-state index < -0.39 is 5.41 Å². The van der Waals surface area contributed by atoms with Crippen LogP contribution in [0.1, 0.15) is 26.3 Å². The monoisotopic (exact) mass is 279 g/mol. The molecule has 0 aliphatic rings. The number of rotatable bonds is 7. The average Bonchev–Trinajstić information content (AvgIpc) is 2.45. The lowest BCUT2D eigenvalue weighted by Crippen LogP contribution is -2.32. The number of likely N-dealkylation sites (N-methyl/N-ethyl adjacent to an activating group) is 1. The Bertz CT molecular complexity index is 426. The number of ether oxygens (including phenoxy) is 2. The Morgan fingerprint density at radius 2 is 1.90 bits per heavy atom. The van der Waals surface area contributed by atoms with Gasteiger partial charge in [-0.25, -0.2) is 0 Å². The summed E-state index contributed by atoms with van der Waals surface area (Å²) < 4.78 is 10.4. The molecule has 0 bridgehead atoms. The minimum atomic E-state index is -0.645. The first-order chi connectivity index (χ1) is 9.39. The normalized spacial score (nSPS) is 12.8. The molecule has 0 amide bonds. The predicted octanol–water partition coefficient (Wildman–Crippen LogP) is 2.42. The zero-order valence-electron chi connectivity index (χ0n) is 13.0. The largest absolute Gasteiger partial charge is 0.492 e. The Morgan fingerprint density at radius 1 is 1.30 bits per heavy atom. The van der Waals surface area contributed by atoms with Gasteiger partial charge in [-0.3, -0.25) is 4.79 Å². The number of nitrogens with one attached hydrogen (secondary N) is 1. The van der Waals surface area contributed by atoms with Crippen molar-refractivity contribution < 1.29 is 14.3 Å². The summed E-state index contributed by atoms with van der Waals surface area (Å²) in [5, 5.41) is 3.21. The smallest absolute Gasteiger partial charge is 0.314 e. The van der Waals surface area contributed by atoms with Crippen molar-refractivity contribution in [2.75, 3.05) is 20.8 Å². The van der Waals surface area contributed by atoms with Gasteiger partial charge in [0.15, 0.2) is 0 Å². The van der Waals surface area contributed by atoms with Crippen LogP contribution in [0.15, 0.2) is 24.3 Å². The van der Waals surface area contributed by atoms with Crippen LogP contribution in [0.3, 0.4) is 0 Å². The van der Waals surface area contributed by atoms with Gasteiger partial charge in [-0.15, -0.1) is 0 Å². The van der Waals surface area contributed by atoms with E-state index in [1.807, 2.05) is 45.2 Å². The summed E-state index contributed by atoms with van der Waals surface area (Å²) in [5.74, 6) is 0.500. The van der Waals surface area contributed by atoms with Crippen molar-refractivity contribution in [2.45, 2.75) is 33.2 Å². The van der Waals surface area contributed by atoms with Crippen LogP contribution in [0.5, 0.6) is 5.75 Å². The van der Waals surface area contributed by atoms with E-state index in [1.54, 1.807) is 0 Å². The highest BCUT2D eigenvalue weighted by molar-refractivity contribution is 5.75. The van der Waals surface area contributed by atoms with E-state index in [0.717, 1.165) is 12.2 Å². The highest BCUT2D eigenvalue weighted by Crippen LogP contribution is 2.20. The van der Waals surface area contributed by atoms with E-state index in [4.69, 9.17) is 9.47 Å². The van der Waals surface area contributed by atoms with E-state index in [9.17, 15) is 4.79 Å². The molecule has 1 unspecified atom stereocenters. The predicted molar refractivity (Wildman–Crippen MR) is 80.0 cm³/mol. The molecule has 0 heterocycles. The van der Waals surface area contributed by atoms with Crippen molar-refractivity contribution in [1.82, 2.24) is 5.32 Å². The maximum atomic E-state index is 11.6. The van der Waals surface area contributed by atoms with Gasteiger partial charge in [-0.2, -0.15) is 0 Å². The summed E-state index contributed by atoms with van der Waals surface area (Å²) in [4.78, 5) is 11.6. The molecule has 0 fully saturated rings. The molecule has 1 atom stereocenters. The fourth-order valence-corrected chi connectivity index (χ4v) is 1.78. The molecule has 1 N–H and O–H groups in total. The van der Waals surface area contributed by atoms with Gasteiger partial charge in [0.05, 0.1) is 12.5 Å². The summed E-state index contributed by atoms with van der Waals surface area (Å²) in [6.45, 7) is 6.05. The number of hydrogen-bond acceptors (Lipinski definition) is 4. The number of benzene rings is 1. The summed E-state index contributed by atoms with van der Waals surface area (Å²) in [6, 6.07) is 8.42. The number of hydrogen-bond donors (Lipinski definition) is 1. The molecule has 0 aliphatic carbocycles. The Balaban J connectivity index is 2.56. The van der Waals surface area contributed by atoms with E-state index >= 15 is 0 Å². The molecular weight excluding hydrogens is 254 g/mol. The molecule has 0 spiro atoms. The molecule has 0 radical (unpaired) electrons. The fraction of sp³-hybridized carbons (Fsp3) is 0.562. The molecular formula is C16H25NO3. The molecule has 0 aromatic heterocycles. The highest BCUT2D eigenvalue weighted by atomic mass is 16.5. The van der Waals surface area contributed by atoms with Crippen LogP contribution in [0.2, 0.25) is 0 Å². The molecule has 20 heavy (non-hydrogen) atoms. The van der Waals surface area contributed by atoms with Crippen molar-refractivity contribution in [3.8, 4) is 5.75 Å². The third-order valence-corrected chi connectivity index (χ3v) is 3.30. The van der Waals surface area contributed by atoms with E-state index in [-0.39, 0.29) is 5.97 Å².